The molecule has 0 saturated heterocycles. The van der Waals surface area contributed by atoms with Crippen LogP contribution in [0.5, 0.6) is 0 Å². The van der Waals surface area contributed by atoms with E-state index in [0.29, 0.717) is 11.8 Å². The fraction of sp³-hybridized carbons (Fsp3) is 0.263. The van der Waals surface area contributed by atoms with Crippen molar-refractivity contribution < 1.29 is 4.39 Å². The summed E-state index contributed by atoms with van der Waals surface area (Å²) in [6, 6.07) is 11.7. The van der Waals surface area contributed by atoms with Gasteiger partial charge in [-0.15, -0.1) is 0 Å². The number of aryl methyl sites for hydroxylation is 1. The number of anilines is 1. The van der Waals surface area contributed by atoms with Crippen LogP contribution in [0.2, 0.25) is 0 Å². The van der Waals surface area contributed by atoms with Crippen LogP contribution in [0.4, 0.5) is 10.1 Å². The Morgan fingerprint density at radius 3 is 2.73 bits per heavy atom. The van der Waals surface area contributed by atoms with Crippen molar-refractivity contribution in [2.75, 3.05) is 5.32 Å². The molecular weight excluding hydrogens is 388 g/mol. The highest BCUT2D eigenvalue weighted by atomic mass is 127. The minimum Gasteiger partial charge on any atom is -0.377 e. The van der Waals surface area contributed by atoms with Crippen molar-refractivity contribution in [3.05, 3.63) is 74.6 Å². The first-order valence-electron chi connectivity index (χ1n) is 7.62. The van der Waals surface area contributed by atoms with E-state index in [1.807, 2.05) is 12.1 Å². The Kier molecular flexibility index (Phi) is 3.48. The van der Waals surface area contributed by atoms with Gasteiger partial charge in [0.05, 0.1) is 6.04 Å². The molecular formula is C19H17FIN. The summed E-state index contributed by atoms with van der Waals surface area (Å²) < 4.78 is 14.5. The van der Waals surface area contributed by atoms with Crippen molar-refractivity contribution in [3.8, 4) is 0 Å². The first kappa shape index (κ1) is 14.2. The highest BCUT2D eigenvalue weighted by Crippen LogP contribution is 2.50. The normalized spacial score (nSPS) is 25.5. The van der Waals surface area contributed by atoms with Crippen LogP contribution in [0.1, 0.15) is 35.1 Å². The van der Waals surface area contributed by atoms with Crippen molar-refractivity contribution in [3.63, 3.8) is 0 Å². The molecule has 0 radical (unpaired) electrons. The summed E-state index contributed by atoms with van der Waals surface area (Å²) >= 11 is 2.39. The SMILES string of the molecule is Cc1cc(I)cc2c1N[C@@H](c1ccc(F)cc1)[C@H]1CC=C[C@@H]21. The van der Waals surface area contributed by atoms with Gasteiger partial charge in [-0.3, -0.25) is 0 Å². The molecule has 3 atom stereocenters. The van der Waals surface area contributed by atoms with Crippen LogP contribution in [0.3, 0.4) is 0 Å². The van der Waals surface area contributed by atoms with Crippen molar-refractivity contribution in [2.24, 2.45) is 5.92 Å². The average molecular weight is 405 g/mol. The minimum atomic E-state index is -0.174. The van der Waals surface area contributed by atoms with Crippen molar-refractivity contribution in [1.82, 2.24) is 0 Å². The molecule has 0 bridgehead atoms. The average Bonchev–Trinajstić information content (AvgIpc) is 2.97. The van der Waals surface area contributed by atoms with E-state index in [1.54, 1.807) is 12.1 Å². The molecule has 1 aliphatic heterocycles. The van der Waals surface area contributed by atoms with Crippen LogP contribution < -0.4 is 5.32 Å². The molecule has 22 heavy (non-hydrogen) atoms. The molecule has 1 nitrogen and oxygen atoms in total. The predicted molar refractivity (Wildman–Crippen MR) is 96.6 cm³/mol. The molecule has 3 heteroatoms. The standard InChI is InChI=1S/C19H17FIN/c1-11-9-14(21)10-17-15-3-2-4-16(15)19(22-18(11)17)12-5-7-13(20)8-6-12/h2-3,5-10,15-16,19,22H,4H2,1H3/t15-,16+,19+/m1/s1. The molecule has 1 aliphatic carbocycles. The van der Waals surface area contributed by atoms with Gasteiger partial charge < -0.3 is 5.32 Å². The number of hydrogen-bond acceptors (Lipinski definition) is 1. The first-order chi connectivity index (χ1) is 10.6. The minimum absolute atomic E-state index is 0.174. The summed E-state index contributed by atoms with van der Waals surface area (Å²) in [4.78, 5) is 0. The van der Waals surface area contributed by atoms with Crippen molar-refractivity contribution >= 4 is 28.3 Å². The third kappa shape index (κ3) is 2.26. The number of fused-ring (bicyclic) bond motifs is 3. The third-order valence-corrected chi connectivity index (χ3v) is 5.48. The van der Waals surface area contributed by atoms with Crippen molar-refractivity contribution in [1.29, 1.82) is 0 Å². The molecule has 0 fully saturated rings. The van der Waals surface area contributed by atoms with Crippen LogP contribution in [-0.2, 0) is 0 Å². The van der Waals surface area contributed by atoms with Crippen LogP contribution in [0.15, 0.2) is 48.6 Å². The molecule has 0 saturated carbocycles. The van der Waals surface area contributed by atoms with Gasteiger partial charge in [0.15, 0.2) is 0 Å². The fourth-order valence-corrected chi connectivity index (χ4v) is 4.64. The molecule has 0 aromatic heterocycles. The lowest BCUT2D eigenvalue weighted by Crippen LogP contribution is -2.29. The Bertz CT molecular complexity index is 751. The summed E-state index contributed by atoms with van der Waals surface area (Å²) in [5.41, 5.74) is 5.11. The summed E-state index contributed by atoms with van der Waals surface area (Å²) in [5, 5.41) is 3.73. The number of halogens is 2. The maximum Gasteiger partial charge on any atom is 0.123 e. The lowest BCUT2D eigenvalue weighted by atomic mass is 9.76. The van der Waals surface area contributed by atoms with Gasteiger partial charge in [0.2, 0.25) is 0 Å². The maximum atomic E-state index is 13.2. The molecule has 1 heterocycles. The molecule has 0 spiro atoms. The second kappa shape index (κ2) is 5.37. The van der Waals surface area contributed by atoms with E-state index in [9.17, 15) is 4.39 Å². The highest BCUT2D eigenvalue weighted by molar-refractivity contribution is 14.1. The Morgan fingerprint density at radius 1 is 1.18 bits per heavy atom. The molecule has 1 N–H and O–H groups in total. The van der Waals surface area contributed by atoms with E-state index >= 15 is 0 Å². The largest absolute Gasteiger partial charge is 0.377 e. The third-order valence-electron chi connectivity index (χ3n) is 4.86. The van der Waals surface area contributed by atoms with Gasteiger partial charge in [0.1, 0.15) is 5.82 Å². The van der Waals surface area contributed by atoms with Crippen LogP contribution in [0.25, 0.3) is 0 Å². The number of allylic oxidation sites excluding steroid dienone is 2. The summed E-state index contributed by atoms with van der Waals surface area (Å²) in [5.74, 6) is 0.794. The van der Waals surface area contributed by atoms with Crippen LogP contribution in [-0.4, -0.2) is 0 Å². The Hall–Kier alpha value is -1.36. The molecule has 0 unspecified atom stereocenters. The van der Waals surface area contributed by atoms with Gasteiger partial charge in [-0.2, -0.15) is 0 Å². The zero-order chi connectivity index (χ0) is 15.3. The van der Waals surface area contributed by atoms with E-state index < -0.39 is 0 Å². The topological polar surface area (TPSA) is 12.0 Å². The Labute approximate surface area is 143 Å². The molecule has 2 aromatic rings. The molecule has 112 valence electrons. The lowest BCUT2D eigenvalue weighted by molar-refractivity contribution is 0.424. The van der Waals surface area contributed by atoms with Gasteiger partial charge >= 0.3 is 0 Å². The molecule has 2 aromatic carbocycles. The van der Waals surface area contributed by atoms with E-state index in [2.05, 4.69) is 59.1 Å². The lowest BCUT2D eigenvalue weighted by Gasteiger charge is -2.38. The monoisotopic (exact) mass is 405 g/mol. The fourth-order valence-electron chi connectivity index (χ4n) is 3.84. The molecule has 0 amide bonds. The number of benzene rings is 2. The first-order valence-corrected chi connectivity index (χ1v) is 8.70. The predicted octanol–water partition coefficient (Wildman–Crippen LogP) is 5.57. The Morgan fingerprint density at radius 2 is 1.95 bits per heavy atom. The Balaban J connectivity index is 1.82. The summed E-state index contributed by atoms with van der Waals surface area (Å²) in [6.07, 6.45) is 5.71. The number of rotatable bonds is 1. The quantitative estimate of drug-likeness (QED) is 0.484. The zero-order valence-corrected chi connectivity index (χ0v) is 14.5. The van der Waals surface area contributed by atoms with E-state index in [-0.39, 0.29) is 11.9 Å². The van der Waals surface area contributed by atoms with E-state index in [4.69, 9.17) is 0 Å². The van der Waals surface area contributed by atoms with Gasteiger partial charge in [0, 0.05) is 15.2 Å². The zero-order valence-electron chi connectivity index (χ0n) is 12.3. The smallest absolute Gasteiger partial charge is 0.123 e. The maximum absolute atomic E-state index is 13.2. The van der Waals surface area contributed by atoms with Gasteiger partial charge in [-0.1, -0.05) is 24.3 Å². The van der Waals surface area contributed by atoms with E-state index in [1.165, 1.54) is 25.9 Å². The highest BCUT2D eigenvalue weighted by Gasteiger charge is 2.38. The van der Waals surface area contributed by atoms with Gasteiger partial charge in [-0.05, 0) is 82.8 Å². The molecule has 2 aliphatic rings. The summed E-state index contributed by atoms with van der Waals surface area (Å²) in [6.45, 7) is 2.16. The molecule has 4 rings (SSSR count). The van der Waals surface area contributed by atoms with Crippen LogP contribution >= 0.6 is 22.6 Å². The van der Waals surface area contributed by atoms with Crippen molar-refractivity contribution in [2.45, 2.75) is 25.3 Å². The van der Waals surface area contributed by atoms with Gasteiger partial charge in [-0.25, -0.2) is 4.39 Å². The summed E-state index contributed by atoms with van der Waals surface area (Å²) in [7, 11) is 0. The number of nitrogens with one attached hydrogen (secondary N) is 1. The second-order valence-electron chi connectivity index (χ2n) is 6.21. The van der Waals surface area contributed by atoms with Crippen LogP contribution in [0, 0.1) is 22.2 Å². The second-order valence-corrected chi connectivity index (χ2v) is 7.46. The van der Waals surface area contributed by atoms with E-state index in [0.717, 1.165) is 6.42 Å². The van der Waals surface area contributed by atoms with Gasteiger partial charge in [0.25, 0.3) is 0 Å². The number of hydrogen-bond donors (Lipinski definition) is 1.